The van der Waals surface area contributed by atoms with Gasteiger partial charge in [0.2, 0.25) is 0 Å². The van der Waals surface area contributed by atoms with Crippen LogP contribution in [0.25, 0.3) is 0 Å². The molecule has 0 atom stereocenters. The fourth-order valence-electron chi connectivity index (χ4n) is 1.90. The molecule has 5 heteroatoms. The summed E-state index contributed by atoms with van der Waals surface area (Å²) in [6.07, 6.45) is 5.91. The summed E-state index contributed by atoms with van der Waals surface area (Å²) in [6.45, 7) is 2.41. The van der Waals surface area contributed by atoms with Gasteiger partial charge in [-0.25, -0.2) is 4.98 Å². The van der Waals surface area contributed by atoms with Crippen LogP contribution in [0, 0.1) is 6.92 Å². The highest BCUT2D eigenvalue weighted by Crippen LogP contribution is 2.42. The van der Waals surface area contributed by atoms with E-state index in [1.165, 1.54) is 24.2 Å². The smallest absolute Gasteiger partial charge is 0.263 e. The number of amides is 1. The number of hydrogen-bond acceptors (Lipinski definition) is 4. The second kappa shape index (κ2) is 5.09. The Kier molecular flexibility index (Phi) is 3.29. The first-order valence-electron chi connectivity index (χ1n) is 6.38. The van der Waals surface area contributed by atoms with Crippen molar-refractivity contribution in [2.75, 3.05) is 0 Å². The number of carbonyl (C=O) groups is 1. The van der Waals surface area contributed by atoms with Crippen LogP contribution in [0.4, 0.5) is 0 Å². The number of hydrogen-bond donors (Lipinski definition) is 1. The molecule has 2 aromatic rings. The van der Waals surface area contributed by atoms with E-state index in [2.05, 4.69) is 15.3 Å². The van der Waals surface area contributed by atoms with Gasteiger partial charge in [0.05, 0.1) is 10.7 Å². The van der Waals surface area contributed by atoms with Gasteiger partial charge < -0.3 is 5.32 Å². The van der Waals surface area contributed by atoms with Gasteiger partial charge in [-0.05, 0) is 31.4 Å². The van der Waals surface area contributed by atoms with Gasteiger partial charge in [0, 0.05) is 24.9 Å². The average Bonchev–Trinajstić information content (AvgIpc) is 3.21. The van der Waals surface area contributed by atoms with Crippen molar-refractivity contribution in [3.8, 4) is 0 Å². The number of rotatable bonds is 4. The summed E-state index contributed by atoms with van der Waals surface area (Å²) in [6, 6.07) is 3.81. The van der Waals surface area contributed by atoms with E-state index < -0.39 is 0 Å². The largest absolute Gasteiger partial charge is 0.347 e. The van der Waals surface area contributed by atoms with Crippen LogP contribution in [0.5, 0.6) is 0 Å². The predicted octanol–water partition coefficient (Wildman–Crippen LogP) is 2.65. The summed E-state index contributed by atoms with van der Waals surface area (Å²) >= 11 is 1.53. The molecule has 4 nitrogen and oxygen atoms in total. The molecule has 0 unspecified atom stereocenters. The zero-order chi connectivity index (χ0) is 13.2. The van der Waals surface area contributed by atoms with Crippen molar-refractivity contribution in [3.63, 3.8) is 0 Å². The van der Waals surface area contributed by atoms with Crippen LogP contribution in [0.2, 0.25) is 0 Å². The van der Waals surface area contributed by atoms with Gasteiger partial charge in [0.1, 0.15) is 4.88 Å². The minimum atomic E-state index is -0.0363. The fourth-order valence-corrected chi connectivity index (χ4v) is 3.05. The maximum absolute atomic E-state index is 12.1. The summed E-state index contributed by atoms with van der Waals surface area (Å²) in [5, 5.41) is 4.04. The third-order valence-corrected chi connectivity index (χ3v) is 4.44. The quantitative estimate of drug-likeness (QED) is 0.931. The molecule has 3 rings (SSSR count). The molecule has 0 radical (unpaired) electrons. The number of aromatic nitrogens is 2. The number of carbonyl (C=O) groups excluding carboxylic acids is 1. The summed E-state index contributed by atoms with van der Waals surface area (Å²) in [4.78, 5) is 21.4. The summed E-state index contributed by atoms with van der Waals surface area (Å²) in [7, 11) is 0. The lowest BCUT2D eigenvalue weighted by Gasteiger charge is -2.03. The Labute approximate surface area is 115 Å². The number of nitrogens with one attached hydrogen (secondary N) is 1. The lowest BCUT2D eigenvalue weighted by atomic mass is 10.3. The molecular weight excluding hydrogens is 258 g/mol. The predicted molar refractivity (Wildman–Crippen MR) is 74.2 cm³/mol. The third-order valence-electron chi connectivity index (χ3n) is 3.12. The molecule has 98 valence electrons. The van der Waals surface area contributed by atoms with Crippen molar-refractivity contribution in [2.24, 2.45) is 0 Å². The SMILES string of the molecule is Cc1nc(C2CC2)sc1C(=O)NCc1cccnc1. The van der Waals surface area contributed by atoms with Crippen molar-refractivity contribution >= 4 is 17.2 Å². The number of thiazole rings is 1. The summed E-state index contributed by atoms with van der Waals surface area (Å²) < 4.78 is 0. The Balaban J connectivity index is 1.66. The first-order chi connectivity index (χ1) is 9.24. The minimum Gasteiger partial charge on any atom is -0.347 e. The van der Waals surface area contributed by atoms with Gasteiger partial charge >= 0.3 is 0 Å². The lowest BCUT2D eigenvalue weighted by molar-refractivity contribution is 0.0954. The molecule has 1 aliphatic rings. The molecule has 0 spiro atoms. The first kappa shape index (κ1) is 12.3. The molecule has 0 bridgehead atoms. The van der Waals surface area contributed by atoms with E-state index in [1.807, 2.05) is 19.1 Å². The van der Waals surface area contributed by atoms with Crippen LogP contribution in [0.1, 0.15) is 44.7 Å². The Morgan fingerprint density at radius 1 is 1.53 bits per heavy atom. The van der Waals surface area contributed by atoms with Crippen LogP contribution in [0.15, 0.2) is 24.5 Å². The monoisotopic (exact) mass is 273 g/mol. The van der Waals surface area contributed by atoms with E-state index >= 15 is 0 Å². The van der Waals surface area contributed by atoms with Crippen LogP contribution in [-0.4, -0.2) is 15.9 Å². The highest BCUT2D eigenvalue weighted by atomic mass is 32.1. The van der Waals surface area contributed by atoms with Crippen molar-refractivity contribution in [1.29, 1.82) is 0 Å². The molecule has 2 heterocycles. The second-order valence-corrected chi connectivity index (χ2v) is 5.82. The van der Waals surface area contributed by atoms with E-state index in [0.29, 0.717) is 12.5 Å². The first-order valence-corrected chi connectivity index (χ1v) is 7.20. The molecule has 1 saturated carbocycles. The Morgan fingerprint density at radius 2 is 2.37 bits per heavy atom. The van der Waals surface area contributed by atoms with Crippen molar-refractivity contribution in [3.05, 3.63) is 45.7 Å². The highest BCUT2D eigenvalue weighted by Gasteiger charge is 2.28. The van der Waals surface area contributed by atoms with Crippen LogP contribution in [-0.2, 0) is 6.54 Å². The summed E-state index contributed by atoms with van der Waals surface area (Å²) in [5.74, 6) is 0.564. The van der Waals surface area contributed by atoms with Crippen molar-refractivity contribution in [2.45, 2.75) is 32.2 Å². The second-order valence-electron chi connectivity index (χ2n) is 4.78. The van der Waals surface area contributed by atoms with Gasteiger partial charge in [-0.1, -0.05) is 6.07 Å². The Hall–Kier alpha value is -1.75. The Morgan fingerprint density at radius 3 is 3.05 bits per heavy atom. The number of nitrogens with zero attached hydrogens (tertiary/aromatic N) is 2. The molecule has 1 N–H and O–H groups in total. The van der Waals surface area contributed by atoms with Crippen molar-refractivity contribution in [1.82, 2.24) is 15.3 Å². The van der Waals surface area contributed by atoms with E-state index in [9.17, 15) is 4.79 Å². The van der Waals surface area contributed by atoms with Gasteiger partial charge in [-0.2, -0.15) is 0 Å². The van der Waals surface area contributed by atoms with Gasteiger partial charge in [0.25, 0.3) is 5.91 Å². The summed E-state index contributed by atoms with van der Waals surface area (Å²) in [5.41, 5.74) is 1.84. The third kappa shape index (κ3) is 2.81. The molecule has 1 aliphatic carbocycles. The molecule has 0 aliphatic heterocycles. The highest BCUT2D eigenvalue weighted by molar-refractivity contribution is 7.13. The van der Waals surface area contributed by atoms with Gasteiger partial charge in [-0.15, -0.1) is 11.3 Å². The molecular formula is C14H15N3OS. The van der Waals surface area contributed by atoms with E-state index in [-0.39, 0.29) is 5.91 Å². The molecule has 0 saturated heterocycles. The van der Waals surface area contributed by atoms with Crippen LogP contribution < -0.4 is 5.32 Å². The molecule has 1 fully saturated rings. The van der Waals surface area contributed by atoms with Gasteiger partial charge in [0.15, 0.2) is 0 Å². The van der Waals surface area contributed by atoms with Crippen molar-refractivity contribution < 1.29 is 4.79 Å². The topological polar surface area (TPSA) is 54.9 Å². The molecule has 0 aromatic carbocycles. The molecule has 2 aromatic heterocycles. The lowest BCUT2D eigenvalue weighted by Crippen LogP contribution is -2.22. The normalized spacial score (nSPS) is 14.4. The van der Waals surface area contributed by atoms with E-state index in [1.54, 1.807) is 12.4 Å². The maximum atomic E-state index is 12.1. The van der Waals surface area contributed by atoms with E-state index in [0.717, 1.165) is 21.1 Å². The zero-order valence-corrected chi connectivity index (χ0v) is 11.5. The average molecular weight is 273 g/mol. The number of pyridine rings is 1. The number of aryl methyl sites for hydroxylation is 1. The molecule has 19 heavy (non-hydrogen) atoms. The fraction of sp³-hybridized carbons (Fsp3) is 0.357. The Bertz CT molecular complexity index is 590. The van der Waals surface area contributed by atoms with Crippen LogP contribution >= 0.6 is 11.3 Å². The standard InChI is InChI=1S/C14H15N3OS/c1-9-12(19-14(17-9)11-4-5-11)13(18)16-8-10-3-2-6-15-7-10/h2-3,6-7,11H,4-5,8H2,1H3,(H,16,18). The van der Waals surface area contributed by atoms with Gasteiger partial charge in [-0.3, -0.25) is 9.78 Å². The minimum absolute atomic E-state index is 0.0363. The van der Waals surface area contributed by atoms with E-state index in [4.69, 9.17) is 0 Å². The zero-order valence-electron chi connectivity index (χ0n) is 10.7. The van der Waals surface area contributed by atoms with Crippen LogP contribution in [0.3, 0.4) is 0 Å². The molecule has 1 amide bonds. The maximum Gasteiger partial charge on any atom is 0.263 e.